The van der Waals surface area contributed by atoms with Gasteiger partial charge < -0.3 is 15.1 Å². The molecule has 84 valence electrons. The van der Waals surface area contributed by atoms with E-state index < -0.39 is 24.6 Å². The molecular weight excluding hydrogens is 199 g/mol. The zero-order chi connectivity index (χ0) is 10.8. The van der Waals surface area contributed by atoms with Gasteiger partial charge >= 0.3 is 6.18 Å². The van der Waals surface area contributed by atoms with Crippen molar-refractivity contribution < 1.29 is 23.4 Å². The minimum absolute atomic E-state index is 0.116. The second-order valence-electron chi connectivity index (χ2n) is 3.57. The number of hydrogen-bond donors (Lipinski definition) is 2. The highest BCUT2D eigenvalue weighted by Crippen LogP contribution is 2.36. The number of hydrogen-bond acceptors (Lipinski definition) is 3. The molecule has 2 atom stereocenters. The summed E-state index contributed by atoms with van der Waals surface area (Å²) in [7, 11) is 0. The molecule has 0 unspecified atom stereocenters. The average Bonchev–Trinajstić information content (AvgIpc) is 2.47. The summed E-state index contributed by atoms with van der Waals surface area (Å²) in [6, 6.07) is 0. The van der Waals surface area contributed by atoms with E-state index in [2.05, 4.69) is 0 Å². The summed E-state index contributed by atoms with van der Waals surface area (Å²) in [6.07, 6.45) is -4.25. The number of rotatable bonds is 3. The molecule has 1 fully saturated rings. The van der Waals surface area contributed by atoms with Crippen LogP contribution in [-0.2, 0) is 0 Å². The van der Waals surface area contributed by atoms with E-state index in [-0.39, 0.29) is 26.2 Å². The topological polar surface area (TPSA) is 43.7 Å². The molecule has 2 N–H and O–H groups in total. The third-order valence-electron chi connectivity index (χ3n) is 2.59. The molecule has 0 aromatic rings. The molecule has 0 bridgehead atoms. The van der Waals surface area contributed by atoms with Crippen LogP contribution in [-0.4, -0.2) is 54.1 Å². The first-order valence-electron chi connectivity index (χ1n) is 4.49. The Kier molecular flexibility index (Phi) is 3.74. The van der Waals surface area contributed by atoms with Crippen molar-refractivity contribution in [2.45, 2.75) is 6.18 Å². The van der Waals surface area contributed by atoms with Crippen molar-refractivity contribution in [3.05, 3.63) is 0 Å². The lowest BCUT2D eigenvalue weighted by molar-refractivity contribution is -0.183. The van der Waals surface area contributed by atoms with E-state index in [0.717, 1.165) is 0 Å². The quantitative estimate of drug-likeness (QED) is 0.698. The predicted molar refractivity (Wildman–Crippen MR) is 43.6 cm³/mol. The number of aliphatic hydroxyl groups excluding tert-OH is 2. The second-order valence-corrected chi connectivity index (χ2v) is 3.57. The molecule has 0 radical (unpaired) electrons. The lowest BCUT2D eigenvalue weighted by Crippen LogP contribution is -2.31. The van der Waals surface area contributed by atoms with Crippen molar-refractivity contribution in [2.75, 3.05) is 32.8 Å². The molecular formula is C8H14F3NO2. The van der Waals surface area contributed by atoms with Crippen LogP contribution in [0.2, 0.25) is 0 Å². The number of aliphatic hydroxyl groups is 2. The van der Waals surface area contributed by atoms with Crippen LogP contribution in [0, 0.1) is 11.8 Å². The van der Waals surface area contributed by atoms with Crippen molar-refractivity contribution in [3.8, 4) is 0 Å². The van der Waals surface area contributed by atoms with Gasteiger partial charge in [-0.25, -0.2) is 0 Å². The maximum atomic E-state index is 12.4. The van der Waals surface area contributed by atoms with Gasteiger partial charge in [0.05, 0.1) is 12.5 Å². The fourth-order valence-corrected chi connectivity index (χ4v) is 1.84. The van der Waals surface area contributed by atoms with E-state index in [1.807, 2.05) is 0 Å². The number of alkyl halides is 3. The van der Waals surface area contributed by atoms with Gasteiger partial charge in [-0.15, -0.1) is 0 Å². The average molecular weight is 213 g/mol. The molecule has 0 aromatic carbocycles. The Bertz CT molecular complexity index is 186. The minimum Gasteiger partial charge on any atom is -0.396 e. The van der Waals surface area contributed by atoms with Gasteiger partial charge in [0.2, 0.25) is 0 Å². The van der Waals surface area contributed by atoms with Gasteiger partial charge in [0.25, 0.3) is 0 Å². The van der Waals surface area contributed by atoms with Gasteiger partial charge in [-0.3, -0.25) is 0 Å². The van der Waals surface area contributed by atoms with E-state index in [4.69, 9.17) is 10.2 Å². The summed E-state index contributed by atoms with van der Waals surface area (Å²) >= 11 is 0. The Morgan fingerprint density at radius 3 is 2.21 bits per heavy atom. The van der Waals surface area contributed by atoms with Crippen LogP contribution in [0.5, 0.6) is 0 Å². The number of halogens is 3. The van der Waals surface area contributed by atoms with Crippen LogP contribution in [0.4, 0.5) is 13.2 Å². The number of β-amino-alcohol motifs (C(OH)–C–C–N with tert-alkyl or cyclic N) is 1. The van der Waals surface area contributed by atoms with Gasteiger partial charge in [0.1, 0.15) is 0 Å². The first kappa shape index (κ1) is 11.7. The molecule has 1 aliphatic rings. The van der Waals surface area contributed by atoms with E-state index in [1.54, 1.807) is 0 Å². The summed E-state index contributed by atoms with van der Waals surface area (Å²) < 4.78 is 37.2. The van der Waals surface area contributed by atoms with E-state index in [1.165, 1.54) is 4.90 Å². The van der Waals surface area contributed by atoms with Gasteiger partial charge in [-0.2, -0.15) is 13.2 Å². The SMILES string of the molecule is OCCN1C[C@H](CO)[C@H](C(F)(F)F)C1. The normalized spacial score (nSPS) is 29.8. The summed E-state index contributed by atoms with van der Waals surface area (Å²) in [5.41, 5.74) is 0. The van der Waals surface area contributed by atoms with Gasteiger partial charge in [0.15, 0.2) is 0 Å². The van der Waals surface area contributed by atoms with Gasteiger partial charge in [0, 0.05) is 32.2 Å². The monoisotopic (exact) mass is 213 g/mol. The first-order valence-corrected chi connectivity index (χ1v) is 4.49. The molecule has 0 amide bonds. The lowest BCUT2D eigenvalue weighted by Gasteiger charge is -2.19. The number of likely N-dealkylation sites (tertiary alicyclic amines) is 1. The highest BCUT2D eigenvalue weighted by Gasteiger charge is 2.49. The summed E-state index contributed by atoms with van der Waals surface area (Å²) in [5.74, 6) is -2.21. The van der Waals surface area contributed by atoms with Crippen molar-refractivity contribution in [3.63, 3.8) is 0 Å². The summed E-state index contributed by atoms with van der Waals surface area (Å²) in [4.78, 5) is 1.53. The third kappa shape index (κ3) is 2.59. The lowest BCUT2D eigenvalue weighted by atomic mass is 9.97. The fourth-order valence-electron chi connectivity index (χ4n) is 1.84. The fraction of sp³-hybridized carbons (Fsp3) is 1.00. The van der Waals surface area contributed by atoms with Crippen LogP contribution in [0.15, 0.2) is 0 Å². The third-order valence-corrected chi connectivity index (χ3v) is 2.59. The van der Waals surface area contributed by atoms with Crippen LogP contribution in [0.3, 0.4) is 0 Å². The molecule has 1 saturated heterocycles. The molecule has 0 aliphatic carbocycles. The van der Waals surface area contributed by atoms with E-state index >= 15 is 0 Å². The predicted octanol–water partition coefficient (Wildman–Crippen LogP) is 0.0813. The molecule has 0 saturated carbocycles. The molecule has 0 spiro atoms. The van der Waals surface area contributed by atoms with Crippen LogP contribution >= 0.6 is 0 Å². The Balaban J connectivity index is 2.58. The van der Waals surface area contributed by atoms with Crippen molar-refractivity contribution in [1.82, 2.24) is 4.90 Å². The van der Waals surface area contributed by atoms with Crippen LogP contribution < -0.4 is 0 Å². The first-order chi connectivity index (χ1) is 6.49. The molecule has 3 nitrogen and oxygen atoms in total. The van der Waals surface area contributed by atoms with Gasteiger partial charge in [-0.05, 0) is 0 Å². The molecule has 0 aromatic heterocycles. The van der Waals surface area contributed by atoms with E-state index in [0.29, 0.717) is 0 Å². The van der Waals surface area contributed by atoms with Crippen molar-refractivity contribution in [2.24, 2.45) is 11.8 Å². The minimum atomic E-state index is -4.25. The molecule has 1 rings (SSSR count). The Morgan fingerprint density at radius 1 is 1.21 bits per heavy atom. The molecule has 6 heteroatoms. The second kappa shape index (κ2) is 4.46. The maximum absolute atomic E-state index is 12.4. The van der Waals surface area contributed by atoms with E-state index in [9.17, 15) is 13.2 Å². The largest absolute Gasteiger partial charge is 0.396 e. The maximum Gasteiger partial charge on any atom is 0.393 e. The number of nitrogens with zero attached hydrogens (tertiary/aromatic N) is 1. The van der Waals surface area contributed by atoms with Crippen LogP contribution in [0.1, 0.15) is 0 Å². The van der Waals surface area contributed by atoms with Crippen molar-refractivity contribution >= 4 is 0 Å². The van der Waals surface area contributed by atoms with Gasteiger partial charge in [-0.1, -0.05) is 0 Å². The highest BCUT2D eigenvalue weighted by atomic mass is 19.4. The highest BCUT2D eigenvalue weighted by molar-refractivity contribution is 4.87. The summed E-state index contributed by atoms with van der Waals surface area (Å²) in [5, 5.41) is 17.4. The summed E-state index contributed by atoms with van der Waals surface area (Å²) in [6.45, 7) is -0.269. The van der Waals surface area contributed by atoms with Crippen LogP contribution in [0.25, 0.3) is 0 Å². The standard InChI is InChI=1S/C8H14F3NO2/c9-8(10,11)7-4-12(1-2-13)3-6(7)5-14/h6-7,13-14H,1-5H2/t6-,7-/m1/s1. The van der Waals surface area contributed by atoms with Crippen molar-refractivity contribution in [1.29, 1.82) is 0 Å². The molecule has 14 heavy (non-hydrogen) atoms. The Hall–Kier alpha value is -0.330. The molecule has 1 heterocycles. The smallest absolute Gasteiger partial charge is 0.393 e. The Morgan fingerprint density at radius 2 is 1.86 bits per heavy atom. The molecule has 1 aliphatic heterocycles. The Labute approximate surface area is 80.1 Å². The zero-order valence-corrected chi connectivity index (χ0v) is 7.67. The zero-order valence-electron chi connectivity index (χ0n) is 7.67.